The number of carbonyl (C=O) groups excluding carboxylic acids is 1. The Kier molecular flexibility index (Phi) is 5.72. The highest BCUT2D eigenvalue weighted by molar-refractivity contribution is 6.30. The number of rotatable bonds is 6. The maximum absolute atomic E-state index is 13.3. The number of benzene rings is 1. The molecular formula is C12H13ClFNO4. The summed E-state index contributed by atoms with van der Waals surface area (Å²) >= 11 is 5.51. The Bertz CT molecular complexity index is 481. The minimum atomic E-state index is -1.35. The summed E-state index contributed by atoms with van der Waals surface area (Å²) in [4.78, 5) is 22.5. The maximum Gasteiger partial charge on any atom is 0.330 e. The van der Waals surface area contributed by atoms with E-state index in [2.05, 4.69) is 5.32 Å². The van der Waals surface area contributed by atoms with E-state index in [1.165, 1.54) is 12.1 Å². The molecule has 1 aromatic rings. The van der Waals surface area contributed by atoms with Crippen molar-refractivity contribution in [2.24, 2.45) is 0 Å². The van der Waals surface area contributed by atoms with Crippen molar-refractivity contribution in [2.75, 3.05) is 13.2 Å². The lowest BCUT2D eigenvalue weighted by molar-refractivity contribution is -0.142. The first kappa shape index (κ1) is 15.4. The normalized spacial score (nSPS) is 11.9. The van der Waals surface area contributed by atoms with Crippen molar-refractivity contribution in [3.05, 3.63) is 34.6 Å². The molecule has 0 radical (unpaired) electrons. The summed E-state index contributed by atoms with van der Waals surface area (Å²) in [5.74, 6) is -2.64. The first-order valence-electron chi connectivity index (χ1n) is 5.50. The summed E-state index contributed by atoms with van der Waals surface area (Å²) < 4.78 is 18.1. The molecule has 0 heterocycles. The Balaban J connectivity index is 2.85. The molecule has 0 saturated carbocycles. The molecule has 104 valence electrons. The van der Waals surface area contributed by atoms with Crippen LogP contribution in [0.1, 0.15) is 18.5 Å². The van der Waals surface area contributed by atoms with Gasteiger partial charge >= 0.3 is 5.97 Å². The van der Waals surface area contributed by atoms with Crippen LogP contribution in [-0.2, 0) is 14.3 Å². The van der Waals surface area contributed by atoms with E-state index in [1.807, 2.05) is 0 Å². The van der Waals surface area contributed by atoms with Gasteiger partial charge in [-0.05, 0) is 24.6 Å². The van der Waals surface area contributed by atoms with Gasteiger partial charge in [-0.3, -0.25) is 4.79 Å². The second-order valence-corrected chi connectivity index (χ2v) is 4.06. The second-order valence-electron chi connectivity index (χ2n) is 3.65. The first-order chi connectivity index (χ1) is 8.95. The van der Waals surface area contributed by atoms with Gasteiger partial charge in [0.05, 0.1) is 5.02 Å². The van der Waals surface area contributed by atoms with Crippen molar-refractivity contribution in [3.63, 3.8) is 0 Å². The van der Waals surface area contributed by atoms with E-state index in [4.69, 9.17) is 21.4 Å². The smallest absolute Gasteiger partial charge is 0.330 e. The van der Waals surface area contributed by atoms with Crippen LogP contribution in [0.2, 0.25) is 5.02 Å². The molecule has 1 amide bonds. The number of hydrogen-bond donors (Lipinski definition) is 2. The molecule has 19 heavy (non-hydrogen) atoms. The summed E-state index contributed by atoms with van der Waals surface area (Å²) in [6.07, 6.45) is 0. The third-order valence-corrected chi connectivity index (χ3v) is 2.57. The molecule has 1 aromatic carbocycles. The number of nitrogens with one attached hydrogen (secondary N) is 1. The number of aliphatic carboxylic acids is 1. The number of halogens is 2. The van der Waals surface area contributed by atoms with E-state index >= 15 is 0 Å². The van der Waals surface area contributed by atoms with Crippen molar-refractivity contribution in [1.29, 1.82) is 0 Å². The minimum Gasteiger partial charge on any atom is -0.479 e. The van der Waals surface area contributed by atoms with Gasteiger partial charge in [0.1, 0.15) is 12.4 Å². The van der Waals surface area contributed by atoms with Gasteiger partial charge in [0.25, 0.3) is 0 Å². The Morgan fingerprint density at radius 3 is 2.74 bits per heavy atom. The van der Waals surface area contributed by atoms with E-state index in [0.29, 0.717) is 6.61 Å². The average molecular weight is 290 g/mol. The fourth-order valence-electron chi connectivity index (χ4n) is 1.38. The topological polar surface area (TPSA) is 75.6 Å². The molecule has 1 unspecified atom stereocenters. The zero-order valence-corrected chi connectivity index (χ0v) is 10.9. The fraction of sp³-hybridized carbons (Fsp3) is 0.333. The Morgan fingerprint density at radius 2 is 2.21 bits per heavy atom. The second kappa shape index (κ2) is 7.06. The summed E-state index contributed by atoms with van der Waals surface area (Å²) in [5, 5.41) is 11.2. The molecule has 0 saturated heterocycles. The lowest BCUT2D eigenvalue weighted by atomic mass is 10.1. The average Bonchev–Trinajstić information content (AvgIpc) is 2.36. The van der Waals surface area contributed by atoms with E-state index in [0.717, 1.165) is 6.07 Å². The van der Waals surface area contributed by atoms with Crippen LogP contribution in [0.4, 0.5) is 4.39 Å². The first-order valence-corrected chi connectivity index (χ1v) is 5.88. The Labute approximate surface area is 114 Å². The summed E-state index contributed by atoms with van der Waals surface area (Å²) in [7, 11) is 0. The quantitative estimate of drug-likeness (QED) is 0.837. The number of carbonyl (C=O) groups is 2. The SMILES string of the molecule is CCOCC(=O)NC(C(=O)O)c1ccc(Cl)c(F)c1. The number of ether oxygens (including phenoxy) is 1. The van der Waals surface area contributed by atoms with Crippen molar-refractivity contribution < 1.29 is 23.8 Å². The van der Waals surface area contributed by atoms with Crippen LogP contribution in [0.15, 0.2) is 18.2 Å². The molecule has 0 fully saturated rings. The van der Waals surface area contributed by atoms with E-state index < -0.39 is 23.7 Å². The summed E-state index contributed by atoms with van der Waals surface area (Å²) in [6.45, 7) is 1.79. The lowest BCUT2D eigenvalue weighted by Gasteiger charge is -2.15. The molecule has 0 aliphatic heterocycles. The molecule has 5 nitrogen and oxygen atoms in total. The van der Waals surface area contributed by atoms with Crippen LogP contribution in [0, 0.1) is 5.82 Å². The number of carboxylic acid groups (broad SMARTS) is 1. The van der Waals surface area contributed by atoms with Crippen molar-refractivity contribution in [2.45, 2.75) is 13.0 Å². The Hall–Kier alpha value is -1.66. The van der Waals surface area contributed by atoms with Crippen LogP contribution in [0.3, 0.4) is 0 Å². The zero-order valence-electron chi connectivity index (χ0n) is 10.2. The molecule has 0 aliphatic rings. The van der Waals surface area contributed by atoms with E-state index in [1.54, 1.807) is 6.92 Å². The van der Waals surface area contributed by atoms with Crippen molar-refractivity contribution >= 4 is 23.5 Å². The standard InChI is InChI=1S/C12H13ClFNO4/c1-2-19-6-10(16)15-11(12(17)18)7-3-4-8(13)9(14)5-7/h3-5,11H,2,6H2,1H3,(H,15,16)(H,17,18). The fourth-order valence-corrected chi connectivity index (χ4v) is 1.49. The van der Waals surface area contributed by atoms with Gasteiger partial charge in [-0.15, -0.1) is 0 Å². The predicted octanol–water partition coefficient (Wildman–Crippen LogP) is 1.76. The van der Waals surface area contributed by atoms with Crippen LogP contribution >= 0.6 is 11.6 Å². The minimum absolute atomic E-state index is 0.0965. The third kappa shape index (κ3) is 4.50. The van der Waals surface area contributed by atoms with Gasteiger partial charge < -0.3 is 15.2 Å². The molecule has 0 bridgehead atoms. The molecule has 0 spiro atoms. The number of carboxylic acids is 1. The molecule has 1 atom stereocenters. The lowest BCUT2D eigenvalue weighted by Crippen LogP contribution is -2.36. The number of amides is 1. The molecule has 7 heteroatoms. The molecular weight excluding hydrogens is 277 g/mol. The van der Waals surface area contributed by atoms with Crippen LogP contribution in [0.25, 0.3) is 0 Å². The molecule has 0 aliphatic carbocycles. The van der Waals surface area contributed by atoms with Gasteiger partial charge in [-0.1, -0.05) is 17.7 Å². The monoisotopic (exact) mass is 289 g/mol. The summed E-state index contributed by atoms with van der Waals surface area (Å²) in [5.41, 5.74) is 0.0965. The van der Waals surface area contributed by atoms with Gasteiger partial charge in [-0.2, -0.15) is 0 Å². The number of hydrogen-bond acceptors (Lipinski definition) is 3. The van der Waals surface area contributed by atoms with Crippen LogP contribution < -0.4 is 5.32 Å². The van der Waals surface area contributed by atoms with Crippen LogP contribution in [-0.4, -0.2) is 30.2 Å². The summed E-state index contributed by atoms with van der Waals surface area (Å²) in [6, 6.07) is 2.20. The Morgan fingerprint density at radius 1 is 1.53 bits per heavy atom. The molecule has 1 rings (SSSR count). The third-order valence-electron chi connectivity index (χ3n) is 2.27. The van der Waals surface area contributed by atoms with Gasteiger partial charge in [0.15, 0.2) is 6.04 Å². The predicted molar refractivity (Wildman–Crippen MR) is 66.4 cm³/mol. The van der Waals surface area contributed by atoms with E-state index in [9.17, 15) is 14.0 Å². The highest BCUT2D eigenvalue weighted by Crippen LogP contribution is 2.20. The van der Waals surface area contributed by atoms with Crippen molar-refractivity contribution in [3.8, 4) is 0 Å². The van der Waals surface area contributed by atoms with Crippen LogP contribution in [0.5, 0.6) is 0 Å². The highest BCUT2D eigenvalue weighted by Gasteiger charge is 2.22. The highest BCUT2D eigenvalue weighted by atomic mass is 35.5. The molecule has 0 aromatic heterocycles. The van der Waals surface area contributed by atoms with Crippen molar-refractivity contribution in [1.82, 2.24) is 5.32 Å². The molecule has 2 N–H and O–H groups in total. The van der Waals surface area contributed by atoms with E-state index in [-0.39, 0.29) is 17.2 Å². The zero-order chi connectivity index (χ0) is 14.4. The largest absolute Gasteiger partial charge is 0.479 e. The van der Waals surface area contributed by atoms with Gasteiger partial charge in [-0.25, -0.2) is 9.18 Å². The van der Waals surface area contributed by atoms with Gasteiger partial charge in [0.2, 0.25) is 5.91 Å². The van der Waals surface area contributed by atoms with Gasteiger partial charge in [0, 0.05) is 6.61 Å². The maximum atomic E-state index is 13.3.